The summed E-state index contributed by atoms with van der Waals surface area (Å²) in [7, 11) is 3.51. The number of hydrogen-bond donors (Lipinski definition) is 2. The molecule has 0 aliphatic rings. The van der Waals surface area contributed by atoms with Gasteiger partial charge in [0.25, 0.3) is 5.91 Å². The molecule has 0 fully saturated rings. The zero-order valence-electron chi connectivity index (χ0n) is 16.7. The topological polar surface area (TPSA) is 70.7 Å². The van der Waals surface area contributed by atoms with Gasteiger partial charge in [-0.25, -0.2) is 0 Å². The minimum Gasteiger partial charge on any atom is -0.370 e. The number of amides is 1. The van der Waals surface area contributed by atoms with Gasteiger partial charge in [0, 0.05) is 31.9 Å². The van der Waals surface area contributed by atoms with Crippen molar-refractivity contribution in [2.24, 2.45) is 10.7 Å². The lowest BCUT2D eigenvalue weighted by Gasteiger charge is -2.15. The van der Waals surface area contributed by atoms with Crippen LogP contribution in [0, 0.1) is 0 Å². The summed E-state index contributed by atoms with van der Waals surface area (Å²) in [6.07, 6.45) is 2.61. The van der Waals surface area contributed by atoms with Crippen molar-refractivity contribution in [3.8, 4) is 0 Å². The number of hydrogen-bond acceptors (Lipinski definition) is 2. The summed E-state index contributed by atoms with van der Waals surface area (Å²) in [6.45, 7) is 4.83. The van der Waals surface area contributed by atoms with Crippen LogP contribution >= 0.6 is 0 Å². The first-order valence-electron chi connectivity index (χ1n) is 9.44. The van der Waals surface area contributed by atoms with Gasteiger partial charge in [0.2, 0.25) is 0 Å². The van der Waals surface area contributed by atoms with Crippen LogP contribution in [0.5, 0.6) is 0 Å². The molecule has 0 spiro atoms. The summed E-state index contributed by atoms with van der Waals surface area (Å²) in [5.74, 6) is 0.427. The lowest BCUT2D eigenvalue weighted by molar-refractivity contribution is 0.0827. The van der Waals surface area contributed by atoms with E-state index in [9.17, 15) is 4.79 Å². The van der Waals surface area contributed by atoms with Crippen LogP contribution in [0.25, 0.3) is 0 Å². The number of rotatable bonds is 7. The fourth-order valence-electron chi connectivity index (χ4n) is 2.99. The summed E-state index contributed by atoms with van der Waals surface area (Å²) < 4.78 is 0. The van der Waals surface area contributed by atoms with Crippen LogP contribution in [0.1, 0.15) is 40.9 Å². The number of para-hydroxylation sites is 1. The van der Waals surface area contributed by atoms with E-state index in [4.69, 9.17) is 5.73 Å². The normalized spacial score (nSPS) is 11.3. The highest BCUT2D eigenvalue weighted by molar-refractivity contribution is 5.94. The van der Waals surface area contributed by atoms with Crippen molar-refractivity contribution in [2.45, 2.75) is 33.1 Å². The van der Waals surface area contributed by atoms with Crippen LogP contribution in [-0.4, -0.2) is 37.4 Å². The Labute approximate surface area is 162 Å². The molecule has 0 aliphatic heterocycles. The van der Waals surface area contributed by atoms with E-state index in [1.54, 1.807) is 19.0 Å². The smallest absolute Gasteiger partial charge is 0.253 e. The van der Waals surface area contributed by atoms with Gasteiger partial charge in [-0.2, -0.15) is 0 Å². The van der Waals surface area contributed by atoms with Crippen LogP contribution in [-0.2, 0) is 19.3 Å². The number of nitrogens with one attached hydrogen (secondary N) is 1. The Bertz CT molecular complexity index is 789. The summed E-state index contributed by atoms with van der Waals surface area (Å²) in [6, 6.07) is 14.0. The van der Waals surface area contributed by atoms with E-state index in [1.807, 2.05) is 24.3 Å². The number of aryl methyl sites for hydroxylation is 2. The zero-order valence-corrected chi connectivity index (χ0v) is 16.7. The van der Waals surface area contributed by atoms with Crippen molar-refractivity contribution in [1.29, 1.82) is 0 Å². The molecule has 2 aromatic rings. The molecule has 3 N–H and O–H groups in total. The highest BCUT2D eigenvalue weighted by Crippen LogP contribution is 2.22. The van der Waals surface area contributed by atoms with E-state index in [-0.39, 0.29) is 5.91 Å². The van der Waals surface area contributed by atoms with Crippen molar-refractivity contribution in [2.75, 3.05) is 26.0 Å². The van der Waals surface area contributed by atoms with Crippen molar-refractivity contribution >= 4 is 17.6 Å². The standard InChI is InChI=1S/C22H30N4O/c1-5-17-10-8-11-18(6-2)20(17)25-22(23)24-14-13-16-9-7-12-19(15-16)21(27)26(3)4/h7-12,15H,5-6,13-14H2,1-4H3,(H3,23,24,25). The molecular formula is C22H30N4O. The van der Waals surface area contributed by atoms with E-state index in [2.05, 4.69) is 42.4 Å². The minimum atomic E-state index is 0.00444. The van der Waals surface area contributed by atoms with Gasteiger partial charge in [-0.1, -0.05) is 44.2 Å². The molecule has 1 amide bonds. The van der Waals surface area contributed by atoms with Gasteiger partial charge < -0.3 is 16.0 Å². The molecule has 0 radical (unpaired) electrons. The predicted molar refractivity (Wildman–Crippen MR) is 113 cm³/mol. The van der Waals surface area contributed by atoms with Gasteiger partial charge in [0.05, 0.1) is 0 Å². The van der Waals surface area contributed by atoms with E-state index in [0.29, 0.717) is 18.1 Å². The molecule has 0 unspecified atom stereocenters. The maximum atomic E-state index is 12.1. The summed E-state index contributed by atoms with van der Waals surface area (Å²) in [5, 5.41) is 3.28. The van der Waals surface area contributed by atoms with Crippen LogP contribution in [0.3, 0.4) is 0 Å². The number of benzene rings is 2. The van der Waals surface area contributed by atoms with E-state index in [1.165, 1.54) is 11.1 Å². The van der Waals surface area contributed by atoms with Gasteiger partial charge >= 0.3 is 0 Å². The molecule has 27 heavy (non-hydrogen) atoms. The molecule has 0 atom stereocenters. The van der Waals surface area contributed by atoms with E-state index >= 15 is 0 Å². The maximum absolute atomic E-state index is 12.1. The molecule has 0 saturated carbocycles. The van der Waals surface area contributed by atoms with Crippen LogP contribution in [0.15, 0.2) is 47.5 Å². The van der Waals surface area contributed by atoms with Gasteiger partial charge in [0.15, 0.2) is 5.96 Å². The second kappa shape index (κ2) is 9.76. The maximum Gasteiger partial charge on any atom is 0.253 e. The quantitative estimate of drug-likeness (QED) is 0.582. The number of aliphatic imine (C=N–C) groups is 1. The Morgan fingerprint density at radius 2 is 1.70 bits per heavy atom. The van der Waals surface area contributed by atoms with Crippen LogP contribution < -0.4 is 11.1 Å². The van der Waals surface area contributed by atoms with Crippen molar-refractivity contribution in [1.82, 2.24) is 4.90 Å². The van der Waals surface area contributed by atoms with Gasteiger partial charge in [-0.05, 0) is 48.1 Å². The summed E-state index contributed by atoms with van der Waals surface area (Å²) in [4.78, 5) is 18.1. The minimum absolute atomic E-state index is 0.00444. The molecule has 5 heteroatoms. The average molecular weight is 367 g/mol. The molecule has 2 rings (SSSR count). The molecule has 2 aromatic carbocycles. The first-order valence-corrected chi connectivity index (χ1v) is 9.44. The number of carbonyl (C=O) groups is 1. The second-order valence-electron chi connectivity index (χ2n) is 6.70. The van der Waals surface area contributed by atoms with E-state index in [0.717, 1.165) is 30.5 Å². The molecule has 5 nitrogen and oxygen atoms in total. The molecular weight excluding hydrogens is 336 g/mol. The molecule has 0 aromatic heterocycles. The lowest BCUT2D eigenvalue weighted by Crippen LogP contribution is -2.24. The third-order valence-electron chi connectivity index (χ3n) is 4.51. The van der Waals surface area contributed by atoms with Crippen molar-refractivity contribution in [3.63, 3.8) is 0 Å². The Kier molecular flexibility index (Phi) is 7.41. The Morgan fingerprint density at radius 3 is 2.30 bits per heavy atom. The number of carbonyl (C=O) groups excluding carboxylic acids is 1. The third-order valence-corrected chi connectivity index (χ3v) is 4.51. The van der Waals surface area contributed by atoms with E-state index < -0.39 is 0 Å². The molecule has 0 heterocycles. The second-order valence-corrected chi connectivity index (χ2v) is 6.70. The molecule has 0 bridgehead atoms. The first kappa shape index (κ1) is 20.5. The fraction of sp³-hybridized carbons (Fsp3) is 0.364. The van der Waals surface area contributed by atoms with Crippen LogP contribution in [0.4, 0.5) is 5.69 Å². The Hall–Kier alpha value is -2.82. The summed E-state index contributed by atoms with van der Waals surface area (Å²) in [5.41, 5.74) is 11.4. The van der Waals surface area contributed by atoms with Gasteiger partial charge in [-0.15, -0.1) is 0 Å². The predicted octanol–water partition coefficient (Wildman–Crippen LogP) is 3.48. The third kappa shape index (κ3) is 5.58. The number of nitrogens with zero attached hydrogens (tertiary/aromatic N) is 2. The Morgan fingerprint density at radius 1 is 1.07 bits per heavy atom. The molecule has 0 saturated heterocycles. The first-order chi connectivity index (χ1) is 13.0. The Balaban J connectivity index is 2.03. The van der Waals surface area contributed by atoms with Crippen LogP contribution in [0.2, 0.25) is 0 Å². The number of nitrogens with two attached hydrogens (primary N) is 1. The monoisotopic (exact) mass is 366 g/mol. The average Bonchev–Trinajstić information content (AvgIpc) is 2.67. The number of guanidine groups is 1. The highest BCUT2D eigenvalue weighted by Gasteiger charge is 2.09. The zero-order chi connectivity index (χ0) is 19.8. The largest absolute Gasteiger partial charge is 0.370 e. The number of anilines is 1. The lowest BCUT2D eigenvalue weighted by atomic mass is 10.0. The van der Waals surface area contributed by atoms with Gasteiger partial charge in [0.1, 0.15) is 0 Å². The SMILES string of the molecule is CCc1cccc(CC)c1NC(N)=NCCc1cccc(C(=O)N(C)C)c1. The molecule has 0 aliphatic carbocycles. The highest BCUT2D eigenvalue weighted by atomic mass is 16.2. The molecule has 144 valence electrons. The van der Waals surface area contributed by atoms with Crippen molar-refractivity contribution < 1.29 is 4.79 Å². The fourth-order valence-corrected chi connectivity index (χ4v) is 2.99. The van der Waals surface area contributed by atoms with Gasteiger partial charge in [-0.3, -0.25) is 9.79 Å². The summed E-state index contributed by atoms with van der Waals surface area (Å²) >= 11 is 0. The van der Waals surface area contributed by atoms with Crippen molar-refractivity contribution in [3.05, 3.63) is 64.7 Å².